The van der Waals surface area contributed by atoms with E-state index in [9.17, 15) is 4.39 Å². The third-order valence-electron chi connectivity index (χ3n) is 2.30. The van der Waals surface area contributed by atoms with Crippen LogP contribution in [0.2, 0.25) is 5.02 Å². The number of hydrogen-bond acceptors (Lipinski definition) is 2. The van der Waals surface area contributed by atoms with Crippen LogP contribution in [0.3, 0.4) is 0 Å². The van der Waals surface area contributed by atoms with Gasteiger partial charge < -0.3 is 10.3 Å². The van der Waals surface area contributed by atoms with Gasteiger partial charge in [-0.3, -0.25) is 0 Å². The van der Waals surface area contributed by atoms with Crippen molar-refractivity contribution < 1.29 is 4.39 Å². The molecule has 0 aliphatic heterocycles. The van der Waals surface area contributed by atoms with Crippen LogP contribution in [0.25, 0.3) is 5.69 Å². The Morgan fingerprint density at radius 1 is 1.50 bits per heavy atom. The van der Waals surface area contributed by atoms with Crippen LogP contribution >= 0.6 is 11.6 Å². The lowest BCUT2D eigenvalue weighted by Gasteiger charge is -2.12. The zero-order valence-electron chi connectivity index (χ0n) is 8.69. The van der Waals surface area contributed by atoms with Gasteiger partial charge in [-0.05, 0) is 25.1 Å². The van der Waals surface area contributed by atoms with Gasteiger partial charge >= 0.3 is 0 Å². The average molecular weight is 240 g/mol. The van der Waals surface area contributed by atoms with Gasteiger partial charge in [0.25, 0.3) is 0 Å². The van der Waals surface area contributed by atoms with E-state index in [1.54, 1.807) is 23.2 Å². The summed E-state index contributed by atoms with van der Waals surface area (Å²) in [5.74, 6) is -0.365. The highest BCUT2D eigenvalue weighted by atomic mass is 35.5. The summed E-state index contributed by atoms with van der Waals surface area (Å²) in [5, 5.41) is 0.333. The van der Waals surface area contributed by atoms with Crippen molar-refractivity contribution in [3.8, 4) is 5.69 Å². The topological polar surface area (TPSA) is 43.8 Å². The second kappa shape index (κ2) is 4.23. The van der Waals surface area contributed by atoms with Gasteiger partial charge in [0.05, 0.1) is 28.9 Å². The lowest BCUT2D eigenvalue weighted by Crippen LogP contribution is -2.10. The first-order valence-corrected chi connectivity index (χ1v) is 5.20. The normalized spacial score (nSPS) is 12.8. The van der Waals surface area contributed by atoms with Crippen molar-refractivity contribution in [1.82, 2.24) is 9.55 Å². The maximum absolute atomic E-state index is 12.9. The van der Waals surface area contributed by atoms with Gasteiger partial charge in [-0.15, -0.1) is 0 Å². The Morgan fingerprint density at radius 3 is 2.88 bits per heavy atom. The van der Waals surface area contributed by atoms with E-state index >= 15 is 0 Å². The number of benzene rings is 1. The quantitative estimate of drug-likeness (QED) is 0.876. The van der Waals surface area contributed by atoms with Gasteiger partial charge in [-0.2, -0.15) is 0 Å². The van der Waals surface area contributed by atoms with Gasteiger partial charge in [-0.25, -0.2) is 9.37 Å². The van der Waals surface area contributed by atoms with E-state index < -0.39 is 0 Å². The van der Waals surface area contributed by atoms with Crippen LogP contribution in [0.5, 0.6) is 0 Å². The molecule has 1 aromatic carbocycles. The molecule has 0 fully saturated rings. The van der Waals surface area contributed by atoms with Crippen LogP contribution in [0.4, 0.5) is 4.39 Å². The molecule has 0 saturated heterocycles. The summed E-state index contributed by atoms with van der Waals surface area (Å²) in [6.07, 6.45) is 3.28. The summed E-state index contributed by atoms with van der Waals surface area (Å²) in [6, 6.07) is 4.06. The lowest BCUT2D eigenvalue weighted by molar-refractivity contribution is 0.627. The minimum atomic E-state index is -0.365. The van der Waals surface area contributed by atoms with Crippen molar-refractivity contribution in [1.29, 1.82) is 0 Å². The Labute approximate surface area is 97.7 Å². The molecule has 0 spiro atoms. The average Bonchev–Trinajstić information content (AvgIpc) is 2.66. The molecule has 3 nitrogen and oxygen atoms in total. The molecule has 1 aromatic heterocycles. The molecule has 0 bridgehead atoms. The van der Waals surface area contributed by atoms with Crippen molar-refractivity contribution >= 4 is 11.6 Å². The number of rotatable bonds is 2. The van der Waals surface area contributed by atoms with Crippen molar-refractivity contribution in [2.24, 2.45) is 5.73 Å². The van der Waals surface area contributed by atoms with Crippen molar-refractivity contribution in [3.05, 3.63) is 47.3 Å². The summed E-state index contributed by atoms with van der Waals surface area (Å²) in [7, 11) is 0. The highest BCUT2D eigenvalue weighted by Gasteiger charge is 2.11. The van der Waals surface area contributed by atoms with Gasteiger partial charge in [0.1, 0.15) is 5.82 Å². The van der Waals surface area contributed by atoms with Crippen molar-refractivity contribution in [2.75, 3.05) is 0 Å². The van der Waals surface area contributed by atoms with E-state index in [0.29, 0.717) is 10.7 Å². The molecule has 1 atom stereocenters. The molecule has 1 heterocycles. The first-order valence-electron chi connectivity index (χ1n) is 4.83. The Balaban J connectivity index is 2.54. The summed E-state index contributed by atoms with van der Waals surface area (Å²) in [5.41, 5.74) is 7.30. The van der Waals surface area contributed by atoms with Gasteiger partial charge in [0.15, 0.2) is 0 Å². The van der Waals surface area contributed by atoms with Gasteiger partial charge in [0, 0.05) is 6.04 Å². The van der Waals surface area contributed by atoms with Crippen LogP contribution in [-0.4, -0.2) is 9.55 Å². The molecule has 2 aromatic rings. The first kappa shape index (κ1) is 11.1. The van der Waals surface area contributed by atoms with Crippen LogP contribution in [0, 0.1) is 5.82 Å². The Bertz CT molecular complexity index is 508. The molecular weight excluding hydrogens is 229 g/mol. The summed E-state index contributed by atoms with van der Waals surface area (Å²) in [6.45, 7) is 1.85. The Hall–Kier alpha value is -1.39. The van der Waals surface area contributed by atoms with E-state index in [2.05, 4.69) is 4.98 Å². The highest BCUT2D eigenvalue weighted by Crippen LogP contribution is 2.24. The maximum Gasteiger partial charge on any atom is 0.124 e. The summed E-state index contributed by atoms with van der Waals surface area (Å²) in [4.78, 5) is 4.01. The predicted octanol–water partition coefficient (Wildman–Crippen LogP) is 2.68. The van der Waals surface area contributed by atoms with E-state index in [4.69, 9.17) is 17.3 Å². The SMILES string of the molecule is C[C@H](N)c1cncn1-c1ccc(F)cc1Cl. The minimum Gasteiger partial charge on any atom is -0.323 e. The van der Waals surface area contributed by atoms with E-state index in [-0.39, 0.29) is 11.9 Å². The maximum atomic E-state index is 12.9. The second-order valence-electron chi connectivity index (χ2n) is 3.57. The fourth-order valence-corrected chi connectivity index (χ4v) is 1.78. The Morgan fingerprint density at radius 2 is 2.25 bits per heavy atom. The van der Waals surface area contributed by atoms with E-state index in [0.717, 1.165) is 5.69 Å². The monoisotopic (exact) mass is 239 g/mol. The molecule has 2 rings (SSSR count). The Kier molecular flexibility index (Phi) is 2.94. The fraction of sp³-hybridized carbons (Fsp3) is 0.182. The number of halogens is 2. The molecular formula is C11H11ClFN3. The van der Waals surface area contributed by atoms with Crippen LogP contribution < -0.4 is 5.73 Å². The first-order chi connectivity index (χ1) is 7.59. The summed E-state index contributed by atoms with van der Waals surface area (Å²) < 4.78 is 14.7. The third-order valence-corrected chi connectivity index (χ3v) is 2.61. The van der Waals surface area contributed by atoms with Crippen LogP contribution in [0.1, 0.15) is 18.7 Å². The number of hydrogen-bond donors (Lipinski definition) is 1. The fourth-order valence-electron chi connectivity index (χ4n) is 1.52. The van der Waals surface area contributed by atoms with Crippen molar-refractivity contribution in [3.63, 3.8) is 0 Å². The van der Waals surface area contributed by atoms with E-state index in [1.807, 2.05) is 6.92 Å². The predicted molar refractivity (Wildman–Crippen MR) is 61.1 cm³/mol. The zero-order valence-corrected chi connectivity index (χ0v) is 9.45. The van der Waals surface area contributed by atoms with Gasteiger partial charge in [-0.1, -0.05) is 11.6 Å². The number of nitrogens with zero attached hydrogens (tertiary/aromatic N) is 2. The molecule has 0 amide bonds. The molecule has 2 N–H and O–H groups in total. The van der Waals surface area contributed by atoms with Crippen molar-refractivity contribution in [2.45, 2.75) is 13.0 Å². The molecule has 16 heavy (non-hydrogen) atoms. The number of nitrogens with two attached hydrogens (primary N) is 1. The summed E-state index contributed by atoms with van der Waals surface area (Å²) >= 11 is 5.97. The molecule has 5 heteroatoms. The molecule has 0 saturated carbocycles. The second-order valence-corrected chi connectivity index (χ2v) is 3.98. The lowest BCUT2D eigenvalue weighted by atomic mass is 10.2. The standard InChI is InChI=1S/C11H11ClFN3/c1-7(14)11-5-15-6-16(11)10-3-2-8(13)4-9(10)12/h2-7H,14H2,1H3/t7-/m0/s1. The minimum absolute atomic E-state index is 0.163. The molecule has 0 unspecified atom stereocenters. The molecule has 0 radical (unpaired) electrons. The molecule has 84 valence electrons. The van der Waals surface area contributed by atoms with Gasteiger partial charge in [0.2, 0.25) is 0 Å². The highest BCUT2D eigenvalue weighted by molar-refractivity contribution is 6.32. The molecule has 0 aliphatic carbocycles. The largest absolute Gasteiger partial charge is 0.323 e. The smallest absolute Gasteiger partial charge is 0.124 e. The number of imidazole rings is 1. The zero-order chi connectivity index (χ0) is 11.7. The number of aromatic nitrogens is 2. The third kappa shape index (κ3) is 1.94. The van der Waals surface area contributed by atoms with E-state index in [1.165, 1.54) is 12.1 Å². The van der Waals surface area contributed by atoms with Crippen LogP contribution in [0.15, 0.2) is 30.7 Å². The van der Waals surface area contributed by atoms with Crippen LogP contribution in [-0.2, 0) is 0 Å². The molecule has 0 aliphatic rings.